The molecule has 7 nitrogen and oxygen atoms in total. The zero-order valence-corrected chi connectivity index (χ0v) is 22.4. The summed E-state index contributed by atoms with van der Waals surface area (Å²) in [6.07, 6.45) is -0.802. The third kappa shape index (κ3) is 5.95. The van der Waals surface area contributed by atoms with Crippen molar-refractivity contribution >= 4 is 34.3 Å². The summed E-state index contributed by atoms with van der Waals surface area (Å²) in [5.41, 5.74) is 3.25. The molecule has 206 valence electrons. The van der Waals surface area contributed by atoms with E-state index in [1.54, 1.807) is 23.7 Å². The number of likely N-dealkylation sites (tertiary alicyclic amines) is 1. The van der Waals surface area contributed by atoms with Crippen molar-refractivity contribution < 1.29 is 13.2 Å². The van der Waals surface area contributed by atoms with Crippen LogP contribution in [0.4, 0.5) is 24.9 Å². The second kappa shape index (κ2) is 11.3. The molecule has 1 aliphatic rings. The second-order valence-electron chi connectivity index (χ2n) is 9.90. The molecule has 0 amide bonds. The molecule has 0 unspecified atom stereocenters. The van der Waals surface area contributed by atoms with Gasteiger partial charge in [-0.05, 0) is 47.5 Å². The van der Waals surface area contributed by atoms with E-state index in [1.807, 2.05) is 27.5 Å². The predicted molar refractivity (Wildman–Crippen MR) is 152 cm³/mol. The molecule has 2 aromatic carbocycles. The summed E-state index contributed by atoms with van der Waals surface area (Å²) in [6, 6.07) is 18.0. The third-order valence-corrected chi connectivity index (χ3v) is 7.74. The lowest BCUT2D eigenvalue weighted by Crippen LogP contribution is -2.39. The van der Waals surface area contributed by atoms with Crippen LogP contribution in [0.15, 0.2) is 77.8 Å². The number of fused-ring (bicyclic) bond motifs is 1. The molecule has 0 aliphatic carbocycles. The van der Waals surface area contributed by atoms with Gasteiger partial charge in [-0.1, -0.05) is 42.5 Å². The van der Waals surface area contributed by atoms with Gasteiger partial charge in [-0.2, -0.15) is 34.5 Å². The van der Waals surface area contributed by atoms with Gasteiger partial charge in [-0.25, -0.2) is 4.98 Å². The highest BCUT2D eigenvalue weighted by molar-refractivity contribution is 7.08. The van der Waals surface area contributed by atoms with Crippen LogP contribution >= 0.6 is 11.3 Å². The molecule has 1 aliphatic heterocycles. The molecule has 4 heterocycles. The summed E-state index contributed by atoms with van der Waals surface area (Å²) in [6.45, 7) is 3.02. The first-order chi connectivity index (χ1) is 19.4. The van der Waals surface area contributed by atoms with E-state index < -0.39 is 11.7 Å². The van der Waals surface area contributed by atoms with Gasteiger partial charge >= 0.3 is 6.18 Å². The Balaban J connectivity index is 1.22. The van der Waals surface area contributed by atoms with Gasteiger partial charge in [0, 0.05) is 37.6 Å². The zero-order valence-electron chi connectivity index (χ0n) is 21.6. The van der Waals surface area contributed by atoms with E-state index >= 15 is 0 Å². The number of nitrogens with zero attached hydrogens (tertiary/aromatic N) is 5. The molecular weight excluding hydrogens is 535 g/mol. The van der Waals surface area contributed by atoms with Gasteiger partial charge in [-0.15, -0.1) is 0 Å². The van der Waals surface area contributed by atoms with Crippen molar-refractivity contribution in [3.05, 3.63) is 94.4 Å². The summed E-state index contributed by atoms with van der Waals surface area (Å²) < 4.78 is 41.6. The van der Waals surface area contributed by atoms with Crippen LogP contribution in [-0.4, -0.2) is 43.6 Å². The Morgan fingerprint density at radius 1 is 0.950 bits per heavy atom. The molecule has 40 heavy (non-hydrogen) atoms. The van der Waals surface area contributed by atoms with Crippen molar-refractivity contribution in [3.63, 3.8) is 0 Å². The first kappa shape index (κ1) is 26.3. The molecule has 1 saturated heterocycles. The largest absolute Gasteiger partial charge is 0.416 e. The Labute approximate surface area is 233 Å². The summed E-state index contributed by atoms with van der Waals surface area (Å²) in [5.74, 6) is 0.943. The van der Waals surface area contributed by atoms with E-state index in [4.69, 9.17) is 9.97 Å². The minimum absolute atomic E-state index is 0.165. The molecular formula is C29H28F3N7S. The SMILES string of the molecule is FC(F)(F)c1cccc(CNc2nc(NC3CCN(Cc4ccccc4)CC3)nc3c2ncn3-c2ccsc2)c1. The average molecular weight is 564 g/mol. The van der Waals surface area contributed by atoms with Crippen molar-refractivity contribution in [1.29, 1.82) is 0 Å². The minimum Gasteiger partial charge on any atom is -0.364 e. The first-order valence-corrected chi connectivity index (χ1v) is 14.1. The fourth-order valence-electron chi connectivity index (χ4n) is 4.97. The highest BCUT2D eigenvalue weighted by atomic mass is 32.1. The van der Waals surface area contributed by atoms with Crippen molar-refractivity contribution in [2.45, 2.75) is 38.1 Å². The zero-order chi connectivity index (χ0) is 27.5. The van der Waals surface area contributed by atoms with Crippen LogP contribution < -0.4 is 10.6 Å². The van der Waals surface area contributed by atoms with Gasteiger partial charge in [0.15, 0.2) is 17.0 Å². The standard InChI is InChI=1S/C29H28F3N7S/c30-29(31,32)22-8-4-7-21(15-22)16-33-26-25-27(39(19-34-25)24-11-14-40-18-24)37-28(36-26)35-23-9-12-38(13-10-23)17-20-5-2-1-3-6-20/h1-8,11,14-15,18-19,23H,9-10,12-13,16-17H2,(H2,33,35,36,37). The van der Waals surface area contributed by atoms with Gasteiger partial charge in [0.25, 0.3) is 0 Å². The van der Waals surface area contributed by atoms with Crippen LogP contribution in [-0.2, 0) is 19.3 Å². The molecule has 1 fully saturated rings. The van der Waals surface area contributed by atoms with Gasteiger partial charge in [0.05, 0.1) is 11.3 Å². The highest BCUT2D eigenvalue weighted by Gasteiger charge is 2.30. The van der Waals surface area contributed by atoms with E-state index in [1.165, 1.54) is 11.6 Å². The van der Waals surface area contributed by atoms with E-state index in [2.05, 4.69) is 44.8 Å². The van der Waals surface area contributed by atoms with E-state index in [0.717, 1.165) is 50.3 Å². The molecule has 5 aromatic rings. The normalized spacial score (nSPS) is 15.0. The number of nitrogens with one attached hydrogen (secondary N) is 2. The van der Waals surface area contributed by atoms with E-state index in [-0.39, 0.29) is 12.6 Å². The predicted octanol–water partition coefficient (Wildman–Crippen LogP) is 6.58. The van der Waals surface area contributed by atoms with Gasteiger partial charge < -0.3 is 10.6 Å². The number of alkyl halides is 3. The Kier molecular flexibility index (Phi) is 7.40. The maximum Gasteiger partial charge on any atom is 0.416 e. The number of piperidine rings is 1. The van der Waals surface area contributed by atoms with E-state index in [9.17, 15) is 13.2 Å². The molecule has 2 N–H and O–H groups in total. The van der Waals surface area contributed by atoms with Gasteiger partial charge in [-0.3, -0.25) is 9.47 Å². The molecule has 0 bridgehead atoms. The summed E-state index contributed by atoms with van der Waals surface area (Å²) >= 11 is 1.57. The van der Waals surface area contributed by atoms with Crippen LogP contribution in [0.25, 0.3) is 16.9 Å². The van der Waals surface area contributed by atoms with Crippen molar-refractivity contribution in [1.82, 2.24) is 24.4 Å². The summed E-state index contributed by atoms with van der Waals surface area (Å²) in [5, 5.41) is 10.7. The second-order valence-corrected chi connectivity index (χ2v) is 10.7. The monoisotopic (exact) mass is 563 g/mol. The summed E-state index contributed by atoms with van der Waals surface area (Å²) in [7, 11) is 0. The molecule has 0 spiro atoms. The van der Waals surface area contributed by atoms with Crippen molar-refractivity contribution in [3.8, 4) is 5.69 Å². The molecule has 6 rings (SSSR count). The van der Waals surface area contributed by atoms with Crippen molar-refractivity contribution in [2.24, 2.45) is 0 Å². The average Bonchev–Trinajstić information content (AvgIpc) is 3.63. The third-order valence-electron chi connectivity index (χ3n) is 7.06. The Morgan fingerprint density at radius 3 is 2.50 bits per heavy atom. The smallest absolute Gasteiger partial charge is 0.364 e. The van der Waals surface area contributed by atoms with Gasteiger partial charge in [0.1, 0.15) is 6.33 Å². The number of halogens is 3. The first-order valence-electron chi connectivity index (χ1n) is 13.1. The Bertz CT molecular complexity index is 1560. The highest BCUT2D eigenvalue weighted by Crippen LogP contribution is 2.30. The Morgan fingerprint density at radius 2 is 1.75 bits per heavy atom. The van der Waals surface area contributed by atoms with E-state index in [0.29, 0.717) is 28.5 Å². The topological polar surface area (TPSA) is 70.9 Å². The fourth-order valence-corrected chi connectivity index (χ4v) is 5.60. The number of aromatic nitrogens is 4. The fraction of sp³-hybridized carbons (Fsp3) is 0.276. The number of hydrogen-bond donors (Lipinski definition) is 2. The maximum atomic E-state index is 13.2. The van der Waals surface area contributed by atoms with Crippen LogP contribution in [0.5, 0.6) is 0 Å². The number of hydrogen-bond acceptors (Lipinski definition) is 7. The minimum atomic E-state index is -4.40. The number of benzene rings is 2. The lowest BCUT2D eigenvalue weighted by atomic mass is 10.0. The number of imidazole rings is 1. The van der Waals surface area contributed by atoms with Crippen molar-refractivity contribution in [2.75, 3.05) is 23.7 Å². The van der Waals surface area contributed by atoms with Crippen LogP contribution in [0.3, 0.4) is 0 Å². The molecule has 0 saturated carbocycles. The molecule has 0 radical (unpaired) electrons. The summed E-state index contributed by atoms with van der Waals surface area (Å²) in [4.78, 5) is 16.5. The Hall–Kier alpha value is -3.96. The van der Waals surface area contributed by atoms with Crippen LogP contribution in [0.2, 0.25) is 0 Å². The lowest BCUT2D eigenvalue weighted by Gasteiger charge is -2.32. The maximum absolute atomic E-state index is 13.2. The number of thiophene rings is 1. The molecule has 0 atom stereocenters. The van der Waals surface area contributed by atoms with Crippen LogP contribution in [0.1, 0.15) is 29.5 Å². The van der Waals surface area contributed by atoms with Crippen LogP contribution in [0, 0.1) is 0 Å². The molecule has 3 aromatic heterocycles. The quantitative estimate of drug-likeness (QED) is 0.222. The number of rotatable bonds is 8. The molecule has 11 heteroatoms. The lowest BCUT2D eigenvalue weighted by molar-refractivity contribution is -0.137. The van der Waals surface area contributed by atoms with Gasteiger partial charge in [0.2, 0.25) is 5.95 Å². The number of anilines is 2.